The Morgan fingerprint density at radius 1 is 1.21 bits per heavy atom. The van der Waals surface area contributed by atoms with Gasteiger partial charge >= 0.3 is 12.1 Å². The number of rotatable bonds is 7. The summed E-state index contributed by atoms with van der Waals surface area (Å²) < 4.78 is 10.2. The second kappa shape index (κ2) is 8.74. The lowest BCUT2D eigenvalue weighted by Gasteiger charge is -2.25. The van der Waals surface area contributed by atoms with Gasteiger partial charge < -0.3 is 20.3 Å². The Morgan fingerprint density at radius 2 is 1.86 bits per heavy atom. The number of methoxy groups -OCH3 is 1. The molecule has 1 saturated heterocycles. The van der Waals surface area contributed by atoms with Crippen molar-refractivity contribution in [3.63, 3.8) is 0 Å². The molecule has 0 spiro atoms. The molecule has 2 amide bonds. The molecule has 0 radical (unpaired) electrons. The number of ether oxygens (including phenoxy) is 2. The van der Waals surface area contributed by atoms with Crippen molar-refractivity contribution in [2.24, 2.45) is 5.73 Å². The minimum Gasteiger partial charge on any atom is -0.497 e. The quantitative estimate of drug-likeness (QED) is 0.734. The zero-order chi connectivity index (χ0) is 21.0. The van der Waals surface area contributed by atoms with Gasteiger partial charge in [-0.3, -0.25) is 9.59 Å². The van der Waals surface area contributed by atoms with Crippen LogP contribution in [0.5, 0.6) is 5.75 Å². The Morgan fingerprint density at radius 3 is 2.45 bits per heavy atom. The van der Waals surface area contributed by atoms with Crippen LogP contribution in [0.2, 0.25) is 0 Å². The Hall–Kier alpha value is -3.39. The van der Waals surface area contributed by atoms with E-state index in [0.717, 1.165) is 10.5 Å². The molecule has 3 atom stereocenters. The summed E-state index contributed by atoms with van der Waals surface area (Å²) in [6, 6.07) is 13.8. The van der Waals surface area contributed by atoms with Gasteiger partial charge in [-0.25, -0.2) is 9.69 Å². The van der Waals surface area contributed by atoms with E-state index in [1.807, 2.05) is 6.07 Å². The van der Waals surface area contributed by atoms with Crippen molar-refractivity contribution in [3.05, 3.63) is 65.7 Å². The molecular weight excluding hydrogens is 376 g/mol. The number of nitrogens with zero attached hydrogens (tertiary/aromatic N) is 1. The zero-order valence-corrected chi connectivity index (χ0v) is 15.9. The van der Waals surface area contributed by atoms with Crippen LogP contribution < -0.4 is 10.5 Å². The summed E-state index contributed by atoms with van der Waals surface area (Å²) in [5.41, 5.74) is 7.20. The summed E-state index contributed by atoms with van der Waals surface area (Å²) in [6.45, 7) is 0.0484. The fraction of sp³-hybridized carbons (Fsp3) is 0.286. The summed E-state index contributed by atoms with van der Waals surface area (Å²) >= 11 is 0. The van der Waals surface area contributed by atoms with E-state index < -0.39 is 36.0 Å². The molecule has 2 aromatic rings. The summed E-state index contributed by atoms with van der Waals surface area (Å²) in [7, 11) is 1.52. The average molecular weight is 398 g/mol. The first-order valence-corrected chi connectivity index (χ1v) is 9.08. The van der Waals surface area contributed by atoms with Crippen LogP contribution in [0.25, 0.3) is 0 Å². The van der Waals surface area contributed by atoms with Gasteiger partial charge in [0, 0.05) is 12.3 Å². The van der Waals surface area contributed by atoms with Crippen LogP contribution >= 0.6 is 0 Å². The van der Waals surface area contributed by atoms with Crippen molar-refractivity contribution in [2.75, 3.05) is 13.7 Å². The Bertz CT molecular complexity index is 884. The van der Waals surface area contributed by atoms with Gasteiger partial charge in [0.1, 0.15) is 24.4 Å². The highest BCUT2D eigenvalue weighted by Gasteiger charge is 2.40. The van der Waals surface area contributed by atoms with Crippen LogP contribution in [0.15, 0.2) is 54.6 Å². The fourth-order valence-electron chi connectivity index (χ4n) is 3.38. The summed E-state index contributed by atoms with van der Waals surface area (Å²) in [6.07, 6.45) is -1.00. The lowest BCUT2D eigenvalue weighted by Crippen LogP contribution is -2.41. The van der Waals surface area contributed by atoms with Gasteiger partial charge in [-0.2, -0.15) is 0 Å². The lowest BCUT2D eigenvalue weighted by molar-refractivity contribution is -0.139. The normalized spacial score (nSPS) is 18.1. The van der Waals surface area contributed by atoms with Crippen LogP contribution in [0, 0.1) is 0 Å². The molecule has 8 nitrogen and oxygen atoms in total. The smallest absolute Gasteiger partial charge is 0.417 e. The van der Waals surface area contributed by atoms with Gasteiger partial charge in [0.2, 0.25) is 5.91 Å². The molecule has 29 heavy (non-hydrogen) atoms. The fourth-order valence-corrected chi connectivity index (χ4v) is 3.38. The van der Waals surface area contributed by atoms with E-state index in [9.17, 15) is 19.5 Å². The first kappa shape index (κ1) is 20.3. The van der Waals surface area contributed by atoms with Crippen molar-refractivity contribution in [2.45, 2.75) is 24.4 Å². The largest absolute Gasteiger partial charge is 0.497 e. The van der Waals surface area contributed by atoms with Gasteiger partial charge in [-0.1, -0.05) is 42.5 Å². The van der Waals surface area contributed by atoms with Gasteiger partial charge in [-0.15, -0.1) is 0 Å². The number of aliphatic carboxylic acids is 1. The molecule has 1 aliphatic rings. The van der Waals surface area contributed by atoms with Crippen molar-refractivity contribution in [1.29, 1.82) is 0 Å². The minimum absolute atomic E-state index is 0.0484. The SMILES string of the molecule is COc1ccc([C@@H](CC(=O)N2C(=O)OC[C@@H]2c2ccccc2)[C@H](N)C(=O)O)cc1. The Labute approximate surface area is 167 Å². The maximum absolute atomic E-state index is 13.0. The molecule has 3 rings (SSSR count). The van der Waals surface area contributed by atoms with Gasteiger partial charge in [0.05, 0.1) is 7.11 Å². The number of carboxylic acid groups (broad SMARTS) is 1. The first-order valence-electron chi connectivity index (χ1n) is 9.08. The minimum atomic E-state index is -1.32. The Kier molecular flexibility index (Phi) is 6.13. The van der Waals surface area contributed by atoms with E-state index in [4.69, 9.17) is 15.2 Å². The number of hydrogen-bond donors (Lipinski definition) is 2. The highest BCUT2D eigenvalue weighted by Crippen LogP contribution is 2.32. The van der Waals surface area contributed by atoms with Crippen molar-refractivity contribution in [1.82, 2.24) is 4.90 Å². The predicted molar refractivity (Wildman–Crippen MR) is 103 cm³/mol. The van der Waals surface area contributed by atoms with E-state index in [1.54, 1.807) is 48.5 Å². The molecule has 0 unspecified atom stereocenters. The third kappa shape index (κ3) is 4.38. The van der Waals surface area contributed by atoms with Gasteiger partial charge in [0.25, 0.3) is 0 Å². The number of nitrogens with two attached hydrogens (primary N) is 1. The molecule has 1 heterocycles. The number of amides is 2. The highest BCUT2D eigenvalue weighted by atomic mass is 16.6. The first-order chi connectivity index (χ1) is 13.9. The molecule has 0 bridgehead atoms. The summed E-state index contributed by atoms with van der Waals surface area (Å²) in [5, 5.41) is 9.41. The van der Waals surface area contributed by atoms with Crippen LogP contribution in [-0.4, -0.2) is 47.7 Å². The summed E-state index contributed by atoms with van der Waals surface area (Å²) in [4.78, 5) is 37.8. The van der Waals surface area contributed by atoms with Gasteiger partial charge in [0.15, 0.2) is 0 Å². The third-order valence-electron chi connectivity index (χ3n) is 4.98. The second-order valence-corrected chi connectivity index (χ2v) is 6.71. The molecule has 1 aliphatic heterocycles. The second-order valence-electron chi connectivity index (χ2n) is 6.71. The lowest BCUT2D eigenvalue weighted by atomic mass is 9.88. The molecule has 0 saturated carbocycles. The topological polar surface area (TPSA) is 119 Å². The van der Waals surface area contributed by atoms with Crippen LogP contribution in [-0.2, 0) is 14.3 Å². The highest BCUT2D eigenvalue weighted by molar-refractivity contribution is 5.94. The van der Waals surface area contributed by atoms with E-state index >= 15 is 0 Å². The average Bonchev–Trinajstić information content (AvgIpc) is 3.13. The maximum Gasteiger partial charge on any atom is 0.417 e. The molecular formula is C21H22N2O6. The molecule has 1 fully saturated rings. The van der Waals surface area contributed by atoms with Crippen LogP contribution in [0.3, 0.4) is 0 Å². The number of imide groups is 1. The third-order valence-corrected chi connectivity index (χ3v) is 4.98. The van der Waals surface area contributed by atoms with E-state index in [-0.39, 0.29) is 13.0 Å². The Balaban J connectivity index is 1.86. The number of hydrogen-bond acceptors (Lipinski definition) is 6. The van der Waals surface area contributed by atoms with Crippen molar-refractivity contribution < 1.29 is 29.0 Å². The number of cyclic esters (lactones) is 1. The van der Waals surface area contributed by atoms with Crippen molar-refractivity contribution >= 4 is 18.0 Å². The molecule has 8 heteroatoms. The van der Waals surface area contributed by atoms with E-state index in [0.29, 0.717) is 11.3 Å². The number of carboxylic acids is 1. The molecule has 0 aliphatic carbocycles. The van der Waals surface area contributed by atoms with E-state index in [2.05, 4.69) is 0 Å². The van der Waals surface area contributed by atoms with Crippen molar-refractivity contribution in [3.8, 4) is 5.75 Å². The number of carbonyl (C=O) groups is 3. The molecule has 3 N–H and O–H groups in total. The van der Waals surface area contributed by atoms with E-state index in [1.165, 1.54) is 7.11 Å². The summed E-state index contributed by atoms with van der Waals surface area (Å²) in [5.74, 6) is -2.01. The van der Waals surface area contributed by atoms with Crippen LogP contribution in [0.4, 0.5) is 4.79 Å². The monoisotopic (exact) mass is 398 g/mol. The maximum atomic E-state index is 13.0. The zero-order valence-electron chi connectivity index (χ0n) is 15.9. The predicted octanol–water partition coefficient (Wildman–Crippen LogP) is 2.30. The van der Waals surface area contributed by atoms with Gasteiger partial charge in [-0.05, 0) is 23.3 Å². The van der Waals surface area contributed by atoms with Crippen LogP contribution in [0.1, 0.15) is 29.5 Å². The molecule has 0 aromatic heterocycles. The number of carbonyl (C=O) groups excluding carboxylic acids is 2. The molecule has 2 aromatic carbocycles. The number of benzene rings is 2. The standard InChI is InChI=1S/C21H22N2O6/c1-28-15-9-7-13(8-10-15)16(19(22)20(25)26)11-18(24)23-17(12-29-21(23)27)14-5-3-2-4-6-14/h2-10,16-17,19H,11-12,22H2,1H3,(H,25,26)/t16-,17-,19+/m1/s1. The molecule has 152 valence electrons.